The predicted molar refractivity (Wildman–Crippen MR) is 105 cm³/mol. The highest BCUT2D eigenvalue weighted by atomic mass is 16.1. The molecule has 0 bridgehead atoms. The molecule has 1 aromatic heterocycles. The first-order valence-electron chi connectivity index (χ1n) is 8.60. The molecule has 27 heavy (non-hydrogen) atoms. The van der Waals surface area contributed by atoms with Gasteiger partial charge in [-0.2, -0.15) is 5.26 Å². The van der Waals surface area contributed by atoms with Crippen LogP contribution < -0.4 is 10.6 Å². The van der Waals surface area contributed by atoms with Crippen LogP contribution >= 0.6 is 0 Å². The minimum absolute atomic E-state index is 0.314. The number of anilines is 3. The Kier molecular flexibility index (Phi) is 5.43. The van der Waals surface area contributed by atoms with Gasteiger partial charge in [0.25, 0.3) is 5.91 Å². The summed E-state index contributed by atoms with van der Waals surface area (Å²) in [6.45, 7) is 4.11. The van der Waals surface area contributed by atoms with E-state index in [1.165, 1.54) is 18.0 Å². The summed E-state index contributed by atoms with van der Waals surface area (Å²) in [4.78, 5) is 20.9. The van der Waals surface area contributed by atoms with Crippen LogP contribution in [-0.4, -0.2) is 15.9 Å². The summed E-state index contributed by atoms with van der Waals surface area (Å²) in [6.07, 6.45) is 3.82. The number of hydrogen-bond acceptors (Lipinski definition) is 5. The maximum absolute atomic E-state index is 12.4. The van der Waals surface area contributed by atoms with Gasteiger partial charge >= 0.3 is 0 Å². The number of amides is 1. The molecular weight excluding hydrogens is 338 g/mol. The average Bonchev–Trinajstić information content (AvgIpc) is 2.70. The second-order valence-electron chi connectivity index (χ2n) is 5.99. The quantitative estimate of drug-likeness (QED) is 0.713. The smallest absolute Gasteiger partial charge is 0.258 e. The standard InChI is InChI=1S/C21H19N5O/c1-3-15-9-6-7-14(2)19(15)26-21-23-12-17(13-24-21)20(27)25-18-10-5-4-8-16(18)11-22/h4-10,12-13H,3H2,1-2H3,(H,25,27)(H,23,24,26). The van der Waals surface area contributed by atoms with Gasteiger partial charge < -0.3 is 10.6 Å². The first kappa shape index (κ1) is 18.1. The molecule has 0 saturated heterocycles. The summed E-state index contributed by atoms with van der Waals surface area (Å²) in [7, 11) is 0. The van der Waals surface area contributed by atoms with Gasteiger partial charge in [-0.1, -0.05) is 37.3 Å². The van der Waals surface area contributed by atoms with Crippen molar-refractivity contribution in [2.24, 2.45) is 0 Å². The zero-order chi connectivity index (χ0) is 19.2. The number of carbonyl (C=O) groups excluding carboxylic acids is 1. The molecule has 0 spiro atoms. The minimum atomic E-state index is -0.366. The number of benzene rings is 2. The molecule has 2 N–H and O–H groups in total. The van der Waals surface area contributed by atoms with Gasteiger partial charge in [-0.15, -0.1) is 0 Å². The molecule has 6 nitrogen and oxygen atoms in total. The van der Waals surface area contributed by atoms with Crippen LogP contribution in [0.2, 0.25) is 0 Å². The van der Waals surface area contributed by atoms with Crippen LogP contribution in [-0.2, 0) is 6.42 Å². The zero-order valence-corrected chi connectivity index (χ0v) is 15.2. The van der Waals surface area contributed by atoms with Crippen LogP contribution in [0.3, 0.4) is 0 Å². The number of aryl methyl sites for hydroxylation is 2. The lowest BCUT2D eigenvalue weighted by atomic mass is 10.1. The molecule has 0 saturated carbocycles. The van der Waals surface area contributed by atoms with Crippen molar-refractivity contribution in [1.29, 1.82) is 5.26 Å². The fraction of sp³-hybridized carbons (Fsp3) is 0.143. The third-order valence-corrected chi connectivity index (χ3v) is 4.19. The van der Waals surface area contributed by atoms with Gasteiger partial charge in [-0.3, -0.25) is 4.79 Å². The lowest BCUT2D eigenvalue weighted by Crippen LogP contribution is -2.14. The Morgan fingerprint density at radius 1 is 1.11 bits per heavy atom. The van der Waals surface area contributed by atoms with Crippen LogP contribution in [0.1, 0.15) is 34.0 Å². The Bertz CT molecular complexity index is 1010. The molecule has 0 aliphatic rings. The Morgan fingerprint density at radius 2 is 1.85 bits per heavy atom. The summed E-state index contributed by atoms with van der Waals surface area (Å²) >= 11 is 0. The first-order chi connectivity index (χ1) is 13.1. The first-order valence-corrected chi connectivity index (χ1v) is 8.60. The molecule has 134 valence electrons. The van der Waals surface area contributed by atoms with Crippen molar-refractivity contribution < 1.29 is 4.79 Å². The maximum atomic E-state index is 12.4. The molecule has 2 aromatic carbocycles. The van der Waals surface area contributed by atoms with Crippen molar-refractivity contribution in [1.82, 2.24) is 9.97 Å². The van der Waals surface area contributed by atoms with Crippen molar-refractivity contribution >= 4 is 23.2 Å². The second-order valence-corrected chi connectivity index (χ2v) is 5.99. The van der Waals surface area contributed by atoms with Gasteiger partial charge in [-0.05, 0) is 36.6 Å². The van der Waals surface area contributed by atoms with Gasteiger partial charge in [0.2, 0.25) is 5.95 Å². The second kappa shape index (κ2) is 8.11. The molecule has 3 aromatic rings. The van der Waals surface area contributed by atoms with Gasteiger partial charge in [0.1, 0.15) is 6.07 Å². The molecule has 0 aliphatic heterocycles. The van der Waals surface area contributed by atoms with Crippen LogP contribution in [0, 0.1) is 18.3 Å². The van der Waals surface area contributed by atoms with E-state index in [4.69, 9.17) is 5.26 Å². The normalized spacial score (nSPS) is 10.1. The highest BCUT2D eigenvalue weighted by molar-refractivity contribution is 6.04. The number of nitrogens with zero attached hydrogens (tertiary/aromatic N) is 3. The van der Waals surface area contributed by atoms with Crippen molar-refractivity contribution in [3.63, 3.8) is 0 Å². The van der Waals surface area contributed by atoms with Gasteiger partial charge in [0.05, 0.1) is 16.8 Å². The number of hydrogen-bond donors (Lipinski definition) is 2. The van der Waals surface area contributed by atoms with Crippen molar-refractivity contribution in [2.75, 3.05) is 10.6 Å². The van der Waals surface area contributed by atoms with Crippen molar-refractivity contribution in [3.05, 3.63) is 77.1 Å². The number of carbonyl (C=O) groups is 1. The summed E-state index contributed by atoms with van der Waals surface area (Å²) in [5.74, 6) is 0.0577. The monoisotopic (exact) mass is 357 g/mol. The van der Waals surface area contributed by atoms with Gasteiger partial charge in [0, 0.05) is 18.1 Å². The third kappa shape index (κ3) is 4.10. The van der Waals surface area contributed by atoms with Gasteiger partial charge in [0.15, 0.2) is 0 Å². The minimum Gasteiger partial charge on any atom is -0.324 e. The average molecular weight is 357 g/mol. The highest BCUT2D eigenvalue weighted by Crippen LogP contribution is 2.23. The van der Waals surface area contributed by atoms with E-state index in [0.29, 0.717) is 22.8 Å². The lowest BCUT2D eigenvalue weighted by molar-refractivity contribution is 0.102. The molecule has 0 unspecified atom stereocenters. The lowest BCUT2D eigenvalue weighted by Gasteiger charge is -2.13. The number of aromatic nitrogens is 2. The van der Waals surface area contributed by atoms with Crippen LogP contribution in [0.5, 0.6) is 0 Å². The summed E-state index contributed by atoms with van der Waals surface area (Å²) in [5, 5.41) is 15.1. The molecule has 0 atom stereocenters. The van der Waals surface area contributed by atoms with Crippen LogP contribution in [0.4, 0.5) is 17.3 Å². The van der Waals surface area contributed by atoms with E-state index in [-0.39, 0.29) is 5.91 Å². The Balaban J connectivity index is 1.76. The van der Waals surface area contributed by atoms with Crippen LogP contribution in [0.15, 0.2) is 54.9 Å². The zero-order valence-electron chi connectivity index (χ0n) is 15.2. The topological polar surface area (TPSA) is 90.7 Å². The number of para-hydroxylation sites is 2. The third-order valence-electron chi connectivity index (χ3n) is 4.19. The van der Waals surface area contributed by atoms with E-state index in [2.05, 4.69) is 33.6 Å². The number of nitrogens with one attached hydrogen (secondary N) is 2. The molecule has 1 amide bonds. The Hall–Kier alpha value is -3.72. The van der Waals surface area contributed by atoms with Crippen LogP contribution in [0.25, 0.3) is 0 Å². The largest absolute Gasteiger partial charge is 0.324 e. The van der Waals surface area contributed by atoms with E-state index < -0.39 is 0 Å². The Labute approximate surface area is 157 Å². The summed E-state index contributed by atoms with van der Waals surface area (Å²) in [5.41, 5.74) is 4.44. The van der Waals surface area contributed by atoms with E-state index >= 15 is 0 Å². The molecule has 0 radical (unpaired) electrons. The molecular formula is C21H19N5O. The van der Waals surface area contributed by atoms with E-state index in [1.807, 2.05) is 25.1 Å². The predicted octanol–water partition coefficient (Wildman–Crippen LogP) is 4.22. The van der Waals surface area contributed by atoms with E-state index in [0.717, 1.165) is 17.7 Å². The molecule has 6 heteroatoms. The Morgan fingerprint density at radius 3 is 2.56 bits per heavy atom. The molecule has 1 heterocycles. The molecule has 0 fully saturated rings. The summed E-state index contributed by atoms with van der Waals surface area (Å²) < 4.78 is 0. The van der Waals surface area contributed by atoms with E-state index in [1.54, 1.807) is 24.3 Å². The van der Waals surface area contributed by atoms with Gasteiger partial charge in [-0.25, -0.2) is 9.97 Å². The maximum Gasteiger partial charge on any atom is 0.258 e. The summed E-state index contributed by atoms with van der Waals surface area (Å²) in [6, 6.07) is 15.0. The highest BCUT2D eigenvalue weighted by Gasteiger charge is 2.11. The van der Waals surface area contributed by atoms with E-state index in [9.17, 15) is 4.79 Å². The SMILES string of the molecule is CCc1cccc(C)c1Nc1ncc(C(=O)Nc2ccccc2C#N)cn1. The van der Waals surface area contributed by atoms with Crippen molar-refractivity contribution in [3.8, 4) is 6.07 Å². The molecule has 0 aliphatic carbocycles. The molecule has 3 rings (SSSR count). The number of rotatable bonds is 5. The fourth-order valence-corrected chi connectivity index (χ4v) is 2.71. The fourth-order valence-electron chi connectivity index (χ4n) is 2.71. The number of nitriles is 1. The van der Waals surface area contributed by atoms with Crippen molar-refractivity contribution in [2.45, 2.75) is 20.3 Å².